The van der Waals surface area contributed by atoms with Gasteiger partial charge in [-0.15, -0.1) is 0 Å². The number of anilines is 1. The second-order valence-corrected chi connectivity index (χ2v) is 13.2. The van der Waals surface area contributed by atoms with Gasteiger partial charge in [-0.3, -0.25) is 13.9 Å². The predicted octanol–water partition coefficient (Wildman–Crippen LogP) is 6.11. The van der Waals surface area contributed by atoms with Crippen molar-refractivity contribution in [2.45, 2.75) is 76.4 Å². The number of ether oxygens (including phenoxy) is 1. The predicted molar refractivity (Wildman–Crippen MR) is 170 cm³/mol. The van der Waals surface area contributed by atoms with Crippen LogP contribution in [0.1, 0.15) is 57.1 Å². The molecule has 1 aliphatic rings. The van der Waals surface area contributed by atoms with Gasteiger partial charge >= 0.3 is 0 Å². The van der Waals surface area contributed by atoms with E-state index in [0.717, 1.165) is 47.5 Å². The summed E-state index contributed by atoms with van der Waals surface area (Å²) in [6.07, 6.45) is 5.10. The van der Waals surface area contributed by atoms with Gasteiger partial charge in [-0.1, -0.05) is 60.7 Å². The number of benzene rings is 3. The summed E-state index contributed by atoms with van der Waals surface area (Å²) in [5, 5.41) is 3.52. The Hall–Kier alpha value is -3.56. The van der Waals surface area contributed by atoms with Crippen LogP contribution in [0.4, 0.5) is 5.69 Å². The molecule has 2 amide bonds. The third-order valence-electron chi connectivity index (χ3n) is 7.67. The van der Waals surface area contributed by atoms with Crippen LogP contribution in [0.2, 0.25) is 5.02 Å². The van der Waals surface area contributed by atoms with E-state index in [-0.39, 0.29) is 23.4 Å². The van der Waals surface area contributed by atoms with Crippen LogP contribution >= 0.6 is 11.6 Å². The molecule has 1 fully saturated rings. The van der Waals surface area contributed by atoms with Crippen molar-refractivity contribution in [1.82, 2.24) is 10.2 Å². The van der Waals surface area contributed by atoms with Gasteiger partial charge in [-0.2, -0.15) is 0 Å². The van der Waals surface area contributed by atoms with Gasteiger partial charge in [0.05, 0.1) is 17.2 Å². The van der Waals surface area contributed by atoms with E-state index in [1.807, 2.05) is 38.1 Å². The number of hydrogen-bond acceptors (Lipinski definition) is 5. The fourth-order valence-electron chi connectivity index (χ4n) is 5.30. The lowest BCUT2D eigenvalue weighted by atomic mass is 9.95. The number of carbonyl (C=O) groups is 2. The number of amides is 2. The first-order chi connectivity index (χ1) is 20.6. The monoisotopic (exact) mass is 625 g/mol. The quantitative estimate of drug-likeness (QED) is 0.262. The molecule has 10 heteroatoms. The molecule has 1 saturated carbocycles. The van der Waals surface area contributed by atoms with Gasteiger partial charge < -0.3 is 15.0 Å². The summed E-state index contributed by atoms with van der Waals surface area (Å²) in [5.41, 5.74) is 2.16. The fourth-order valence-corrected chi connectivity index (χ4v) is 6.84. The van der Waals surface area contributed by atoms with E-state index in [9.17, 15) is 18.0 Å². The molecule has 0 saturated heterocycles. The van der Waals surface area contributed by atoms with Gasteiger partial charge in [0.1, 0.15) is 18.3 Å². The van der Waals surface area contributed by atoms with Crippen LogP contribution in [-0.4, -0.2) is 50.4 Å². The van der Waals surface area contributed by atoms with E-state index in [1.165, 1.54) is 29.2 Å². The fraction of sp³-hybridized carbons (Fsp3) is 0.394. The molecule has 0 aromatic heterocycles. The van der Waals surface area contributed by atoms with Crippen LogP contribution in [0.3, 0.4) is 0 Å². The molecular formula is C33H40ClN3O5S. The summed E-state index contributed by atoms with van der Waals surface area (Å²) in [7, 11) is -4.19. The number of sulfonamides is 1. The molecule has 1 N–H and O–H groups in total. The van der Waals surface area contributed by atoms with Crippen molar-refractivity contribution in [2.75, 3.05) is 17.5 Å². The number of nitrogens with zero attached hydrogens (tertiary/aromatic N) is 2. The van der Waals surface area contributed by atoms with Crippen molar-refractivity contribution in [3.63, 3.8) is 0 Å². The van der Waals surface area contributed by atoms with Crippen molar-refractivity contribution in [3.05, 3.63) is 88.9 Å². The minimum Gasteiger partial charge on any atom is -0.494 e. The number of nitrogens with one attached hydrogen (secondary N) is 1. The van der Waals surface area contributed by atoms with Crippen LogP contribution in [0.15, 0.2) is 77.7 Å². The maximum atomic E-state index is 14.1. The maximum Gasteiger partial charge on any atom is 0.264 e. The van der Waals surface area contributed by atoms with Gasteiger partial charge in [-0.25, -0.2) is 8.42 Å². The molecule has 0 spiro atoms. The first kappa shape index (κ1) is 32.4. The molecule has 230 valence electrons. The zero-order valence-electron chi connectivity index (χ0n) is 25.0. The van der Waals surface area contributed by atoms with Crippen molar-refractivity contribution in [1.29, 1.82) is 0 Å². The molecule has 0 bridgehead atoms. The van der Waals surface area contributed by atoms with E-state index in [2.05, 4.69) is 5.32 Å². The molecule has 3 aromatic carbocycles. The highest BCUT2D eigenvalue weighted by molar-refractivity contribution is 7.92. The summed E-state index contributed by atoms with van der Waals surface area (Å²) < 4.78 is 34.6. The lowest BCUT2D eigenvalue weighted by molar-refractivity contribution is -0.139. The summed E-state index contributed by atoms with van der Waals surface area (Å²) in [6.45, 7) is 5.61. The molecule has 1 atom stereocenters. The van der Waals surface area contributed by atoms with E-state index < -0.39 is 28.5 Å². The highest BCUT2D eigenvalue weighted by atomic mass is 35.5. The molecule has 0 heterocycles. The Morgan fingerprint density at radius 1 is 1.00 bits per heavy atom. The van der Waals surface area contributed by atoms with Crippen molar-refractivity contribution >= 4 is 39.1 Å². The molecular weight excluding hydrogens is 586 g/mol. The van der Waals surface area contributed by atoms with Gasteiger partial charge in [0.15, 0.2) is 0 Å². The van der Waals surface area contributed by atoms with Crippen molar-refractivity contribution in [3.8, 4) is 5.75 Å². The summed E-state index contributed by atoms with van der Waals surface area (Å²) >= 11 is 6.03. The lowest BCUT2D eigenvalue weighted by Crippen LogP contribution is -2.53. The highest BCUT2D eigenvalue weighted by Gasteiger charge is 2.33. The van der Waals surface area contributed by atoms with Crippen LogP contribution in [0.25, 0.3) is 0 Å². The summed E-state index contributed by atoms with van der Waals surface area (Å²) in [5.74, 6) is -0.171. The Labute approximate surface area is 260 Å². The third-order valence-corrected chi connectivity index (χ3v) is 9.71. The first-order valence-corrected chi connectivity index (χ1v) is 16.6. The Morgan fingerprint density at radius 2 is 1.67 bits per heavy atom. The maximum absolute atomic E-state index is 14.1. The molecule has 0 radical (unpaired) electrons. The molecule has 0 unspecified atom stereocenters. The van der Waals surface area contributed by atoms with Crippen molar-refractivity contribution in [2.24, 2.45) is 0 Å². The highest BCUT2D eigenvalue weighted by Crippen LogP contribution is 2.27. The summed E-state index contributed by atoms with van der Waals surface area (Å²) in [4.78, 5) is 29.1. The number of halogens is 1. The Morgan fingerprint density at radius 3 is 2.30 bits per heavy atom. The zero-order chi connectivity index (χ0) is 31.0. The number of aryl methyl sites for hydroxylation is 1. The van der Waals surface area contributed by atoms with Crippen LogP contribution in [0, 0.1) is 6.92 Å². The molecule has 0 aliphatic heterocycles. The Kier molecular flexibility index (Phi) is 11.1. The van der Waals surface area contributed by atoms with Crippen LogP contribution < -0.4 is 14.4 Å². The third kappa shape index (κ3) is 8.51. The van der Waals surface area contributed by atoms with E-state index >= 15 is 0 Å². The van der Waals surface area contributed by atoms with Gasteiger partial charge in [0.2, 0.25) is 11.8 Å². The zero-order valence-corrected chi connectivity index (χ0v) is 26.5. The minimum atomic E-state index is -4.19. The van der Waals surface area contributed by atoms with Crippen LogP contribution in [0.5, 0.6) is 5.75 Å². The Balaban J connectivity index is 1.68. The van der Waals surface area contributed by atoms with E-state index in [4.69, 9.17) is 16.3 Å². The normalized spacial score (nSPS) is 14.5. The Bertz CT molecular complexity index is 1490. The van der Waals surface area contributed by atoms with Crippen LogP contribution in [-0.2, 0) is 26.2 Å². The topological polar surface area (TPSA) is 96.0 Å². The first-order valence-electron chi connectivity index (χ1n) is 14.7. The number of rotatable bonds is 12. The molecule has 3 aromatic rings. The number of hydrogen-bond donors (Lipinski definition) is 1. The van der Waals surface area contributed by atoms with Crippen molar-refractivity contribution < 1.29 is 22.7 Å². The smallest absolute Gasteiger partial charge is 0.264 e. The van der Waals surface area contributed by atoms with E-state index in [1.54, 1.807) is 31.2 Å². The average Bonchev–Trinajstić information content (AvgIpc) is 2.99. The SMILES string of the molecule is CCOc1ccc(N(CC(=O)N(Cc2cccc(C)c2)[C@@H](C)C(=O)NC2CCCCC2)S(=O)(=O)c2ccc(Cl)cc2)cc1. The second-order valence-electron chi connectivity index (χ2n) is 10.9. The second kappa shape index (κ2) is 14.8. The molecule has 43 heavy (non-hydrogen) atoms. The average molecular weight is 626 g/mol. The number of carbonyl (C=O) groups excluding carboxylic acids is 2. The van der Waals surface area contributed by atoms with E-state index in [0.29, 0.717) is 23.1 Å². The van der Waals surface area contributed by atoms with Gasteiger partial charge in [0.25, 0.3) is 10.0 Å². The molecule has 1 aliphatic carbocycles. The minimum absolute atomic E-state index is 0.00749. The lowest BCUT2D eigenvalue weighted by Gasteiger charge is -2.33. The standard InChI is InChI=1S/C33H40ClN3O5S/c1-4-42-30-17-15-29(16-18-30)37(43(40,41)31-19-13-27(34)14-20-31)23-32(38)36(22-26-10-8-9-24(2)21-26)25(3)33(39)35-28-11-6-5-7-12-28/h8-10,13-21,25,28H,4-7,11-12,22-23H2,1-3H3,(H,35,39)/t25-/m0/s1. The molecule has 8 nitrogen and oxygen atoms in total. The largest absolute Gasteiger partial charge is 0.494 e. The summed E-state index contributed by atoms with van der Waals surface area (Å²) in [6, 6.07) is 19.3. The molecule has 4 rings (SSSR count). The van der Waals surface area contributed by atoms with Gasteiger partial charge in [-0.05, 0) is 87.7 Å². The van der Waals surface area contributed by atoms with Gasteiger partial charge in [0, 0.05) is 17.6 Å².